The van der Waals surface area contributed by atoms with Crippen molar-refractivity contribution in [3.8, 4) is 0 Å². The number of carbonyl (C=O) groups is 2. The largest absolute Gasteiger partial charge is 1.00 e. The van der Waals surface area contributed by atoms with Crippen molar-refractivity contribution in [3.63, 3.8) is 0 Å². The minimum absolute atomic E-state index is 0. The van der Waals surface area contributed by atoms with Crippen molar-refractivity contribution >= 4 is 11.9 Å². The summed E-state index contributed by atoms with van der Waals surface area (Å²) in [4.78, 5) is 19.7. The third kappa shape index (κ3) is 9.87. The number of carboxylic acid groups (broad SMARTS) is 2. The zero-order valence-electron chi connectivity index (χ0n) is 8.63. The van der Waals surface area contributed by atoms with E-state index in [1.165, 1.54) is 0 Å². The van der Waals surface area contributed by atoms with Gasteiger partial charge in [0.05, 0.1) is 6.42 Å². The molecule has 0 aromatic heterocycles. The molecule has 11 heavy (non-hydrogen) atoms. The minimum Gasteiger partial charge on any atom is -1.00 e. The van der Waals surface area contributed by atoms with Gasteiger partial charge in [-0.25, -0.2) is 4.79 Å². The third-order valence-electron chi connectivity index (χ3n) is 0.667. The maximum atomic E-state index is 9.87. The predicted molar refractivity (Wildman–Crippen MR) is 31.3 cm³/mol. The van der Waals surface area contributed by atoms with Crippen LogP contribution in [0.15, 0.2) is 12.2 Å². The fourth-order valence-electron chi connectivity index (χ4n) is 0.258. The molecule has 54 valence electrons. The number of aliphatic carboxylic acids is 2. The summed E-state index contributed by atoms with van der Waals surface area (Å²) in [5.74, 6) is -2.44. The van der Waals surface area contributed by atoms with Gasteiger partial charge < -0.3 is 13.1 Å². The van der Waals surface area contributed by atoms with Gasteiger partial charge in [0.25, 0.3) is 0 Å². The van der Waals surface area contributed by atoms with E-state index in [1.807, 2.05) is 0 Å². The van der Waals surface area contributed by atoms with E-state index in [1.54, 1.807) is 0 Å². The molecule has 4 nitrogen and oxygen atoms in total. The fraction of sp³-hybridized carbons (Fsp3) is 0.200. The average molecular weight is 146 g/mol. The van der Waals surface area contributed by atoms with Gasteiger partial charge in [-0.3, -0.25) is 4.79 Å². The van der Waals surface area contributed by atoms with E-state index in [0.717, 1.165) is 0 Å². The van der Waals surface area contributed by atoms with Crippen LogP contribution in [0.3, 0.4) is 0 Å². The van der Waals surface area contributed by atoms with Crippen LogP contribution in [0.2, 0.25) is 0 Å². The van der Waals surface area contributed by atoms with Gasteiger partial charge in [0.2, 0.25) is 0 Å². The Hall–Kier alpha value is -0.125. The molecule has 6 heteroatoms. The topological polar surface area (TPSA) is 74.6 Å². The Labute approximate surface area is 91.0 Å². The van der Waals surface area contributed by atoms with Crippen LogP contribution in [0, 0.1) is 0 Å². The van der Waals surface area contributed by atoms with E-state index in [2.05, 4.69) is 6.58 Å². The third-order valence-corrected chi connectivity index (χ3v) is 0.667. The summed E-state index contributed by atoms with van der Waals surface area (Å²) >= 11 is 0. The normalized spacial score (nSPS) is 6.91. The van der Waals surface area contributed by atoms with Crippen molar-refractivity contribution < 1.29 is 60.4 Å². The monoisotopic (exact) mass is 146 g/mol. The molecule has 0 amide bonds. The van der Waals surface area contributed by atoms with E-state index in [4.69, 9.17) is 10.2 Å². The summed E-state index contributed by atoms with van der Waals surface area (Å²) in [5, 5.41) is 16.1. The molecule has 0 spiro atoms. The van der Waals surface area contributed by atoms with Gasteiger partial charge in [-0.05, 0) is 0 Å². The maximum Gasteiger partial charge on any atom is 1.00 e. The molecule has 0 aliphatic rings. The van der Waals surface area contributed by atoms with Crippen molar-refractivity contribution in [2.45, 2.75) is 6.42 Å². The van der Waals surface area contributed by atoms with Crippen LogP contribution in [0.4, 0.5) is 0 Å². The molecular weight excluding hydrogens is 138 g/mol. The molecule has 0 bridgehead atoms. The van der Waals surface area contributed by atoms with E-state index in [0.29, 0.717) is 0 Å². The van der Waals surface area contributed by atoms with Crippen LogP contribution in [-0.4, -0.2) is 22.2 Å². The number of hydrogen-bond acceptors (Lipinski definition) is 2. The molecule has 0 saturated heterocycles. The quantitative estimate of drug-likeness (QED) is 0.307. The molecule has 0 atom stereocenters. The van der Waals surface area contributed by atoms with Gasteiger partial charge in [-0.2, -0.15) is 0 Å². The Morgan fingerprint density at radius 3 is 1.73 bits per heavy atom. The summed E-state index contributed by atoms with van der Waals surface area (Å²) in [6, 6.07) is 0. The Morgan fingerprint density at radius 1 is 1.27 bits per heavy atom. The smallest absolute Gasteiger partial charge is 1.00 e. The van der Waals surface area contributed by atoms with Crippen molar-refractivity contribution in [3.05, 3.63) is 12.2 Å². The molecule has 0 heterocycles. The van der Waals surface area contributed by atoms with Crippen LogP contribution in [0.1, 0.15) is 9.27 Å². The number of hydrogen-bond donors (Lipinski definition) is 2. The first kappa shape index (κ1) is 17.1. The molecule has 0 radical (unpaired) electrons. The fourth-order valence-corrected chi connectivity index (χ4v) is 0.258. The standard InChI is InChI=1S/C5H6O4.2Li.2H/c1-3(5(8)9)2-4(6)7;;;;/h1-2H2,(H,6,7)(H,8,9);;;;/q;2*+1;2*-1. The first-order chi connectivity index (χ1) is 4.04. The number of carboxylic acids is 2. The van der Waals surface area contributed by atoms with Crippen LogP contribution >= 0.6 is 0 Å². The molecule has 0 aromatic carbocycles. The van der Waals surface area contributed by atoms with E-state index in [9.17, 15) is 9.59 Å². The van der Waals surface area contributed by atoms with Gasteiger partial charge in [-0.15, -0.1) is 0 Å². The van der Waals surface area contributed by atoms with Crippen LogP contribution < -0.4 is 37.7 Å². The summed E-state index contributed by atoms with van der Waals surface area (Å²) in [6.45, 7) is 3.01. The summed E-state index contributed by atoms with van der Waals surface area (Å²) in [5.41, 5.74) is -0.303. The second-order valence-electron chi connectivity index (χ2n) is 1.48. The van der Waals surface area contributed by atoms with E-state index in [-0.39, 0.29) is 46.1 Å². The Balaban J connectivity index is -0.0000000533. The van der Waals surface area contributed by atoms with Crippen LogP contribution in [-0.2, 0) is 9.59 Å². The maximum absolute atomic E-state index is 9.87. The molecule has 0 rings (SSSR count). The molecule has 0 saturated carbocycles. The Morgan fingerprint density at radius 2 is 1.64 bits per heavy atom. The van der Waals surface area contributed by atoms with Gasteiger partial charge in [0.1, 0.15) is 0 Å². The van der Waals surface area contributed by atoms with E-state index >= 15 is 0 Å². The second-order valence-corrected chi connectivity index (χ2v) is 1.48. The van der Waals surface area contributed by atoms with Gasteiger partial charge in [-0.1, -0.05) is 6.58 Å². The molecule has 0 unspecified atom stereocenters. The van der Waals surface area contributed by atoms with E-state index < -0.39 is 18.4 Å². The second kappa shape index (κ2) is 7.98. The predicted octanol–water partition coefficient (Wildman–Crippen LogP) is -5.67. The summed E-state index contributed by atoms with van der Waals surface area (Å²) in [6.07, 6.45) is -0.505. The molecule has 2 N–H and O–H groups in total. The van der Waals surface area contributed by atoms with Crippen molar-refractivity contribution in [2.24, 2.45) is 0 Å². The zero-order valence-corrected chi connectivity index (χ0v) is 6.63. The SMILES string of the molecule is C=C(CC(=O)O)C(=O)O.[H-].[H-].[Li+].[Li+]. The average Bonchev–Trinajstić information content (AvgIpc) is 1.63. The van der Waals surface area contributed by atoms with Gasteiger partial charge >= 0.3 is 49.7 Å². The van der Waals surface area contributed by atoms with Crippen molar-refractivity contribution in [1.29, 1.82) is 0 Å². The molecule has 0 aromatic rings. The minimum atomic E-state index is -1.27. The molecule has 0 fully saturated rings. The Bertz CT molecular complexity index is 174. The summed E-state index contributed by atoms with van der Waals surface area (Å²) < 4.78 is 0. The summed E-state index contributed by atoms with van der Waals surface area (Å²) in [7, 11) is 0. The van der Waals surface area contributed by atoms with Crippen LogP contribution in [0.25, 0.3) is 0 Å². The first-order valence-corrected chi connectivity index (χ1v) is 2.17. The van der Waals surface area contributed by atoms with Gasteiger partial charge in [0.15, 0.2) is 0 Å². The first-order valence-electron chi connectivity index (χ1n) is 2.17. The van der Waals surface area contributed by atoms with Crippen LogP contribution in [0.5, 0.6) is 0 Å². The van der Waals surface area contributed by atoms with Gasteiger partial charge in [0, 0.05) is 5.57 Å². The Kier molecular flexibility index (Phi) is 12.4. The molecule has 0 aliphatic heterocycles. The molecule has 0 aliphatic carbocycles. The van der Waals surface area contributed by atoms with Crippen molar-refractivity contribution in [1.82, 2.24) is 0 Å². The van der Waals surface area contributed by atoms with Crippen molar-refractivity contribution in [2.75, 3.05) is 0 Å². The zero-order chi connectivity index (χ0) is 7.44. The molecular formula is C5H8Li2O4. The number of rotatable bonds is 3.